The Kier molecular flexibility index (Phi) is 4.99. The van der Waals surface area contributed by atoms with Crippen LogP contribution in [0.5, 0.6) is 5.75 Å². The minimum Gasteiger partial charge on any atom is -0.495 e. The fourth-order valence-electron chi connectivity index (χ4n) is 1.77. The first kappa shape index (κ1) is 16.0. The lowest BCUT2D eigenvalue weighted by Crippen LogP contribution is -2.28. The van der Waals surface area contributed by atoms with E-state index in [4.69, 9.17) is 22.8 Å². The maximum atomic E-state index is 12.1. The van der Waals surface area contributed by atoms with E-state index in [1.807, 2.05) is 0 Å². The van der Waals surface area contributed by atoms with E-state index >= 15 is 0 Å². The molecule has 0 saturated carbocycles. The summed E-state index contributed by atoms with van der Waals surface area (Å²) in [5.74, 6) is 2.30. The summed E-state index contributed by atoms with van der Waals surface area (Å²) in [6.45, 7) is -0.0433. The molecule has 2 rings (SSSR count). The predicted molar refractivity (Wildman–Crippen MR) is 87.2 cm³/mol. The van der Waals surface area contributed by atoms with Crippen LogP contribution < -0.4 is 4.74 Å². The molecule has 1 aliphatic rings. The van der Waals surface area contributed by atoms with Gasteiger partial charge in [0.1, 0.15) is 5.75 Å². The first-order valence-corrected chi connectivity index (χ1v) is 7.68. The zero-order chi connectivity index (χ0) is 15.6. The average Bonchev–Trinajstić information content (AvgIpc) is 2.66. The van der Waals surface area contributed by atoms with Crippen LogP contribution in [-0.4, -0.2) is 29.7 Å². The Bertz CT molecular complexity index is 696. The molecule has 1 fully saturated rings. The van der Waals surface area contributed by atoms with Crippen molar-refractivity contribution < 1.29 is 14.3 Å². The molecule has 7 heteroatoms. The SMILES string of the molecule is C#CCN1C(=O)S/C(=C/c2cc(Br)cc(Cl)c2OC)C1=O. The van der Waals surface area contributed by atoms with E-state index in [2.05, 4.69) is 21.9 Å². The van der Waals surface area contributed by atoms with Gasteiger partial charge < -0.3 is 4.74 Å². The summed E-state index contributed by atoms with van der Waals surface area (Å²) in [7, 11) is 1.48. The average molecular weight is 387 g/mol. The van der Waals surface area contributed by atoms with E-state index in [-0.39, 0.29) is 16.7 Å². The maximum absolute atomic E-state index is 12.1. The van der Waals surface area contributed by atoms with Crippen molar-refractivity contribution >= 4 is 56.5 Å². The topological polar surface area (TPSA) is 46.6 Å². The van der Waals surface area contributed by atoms with Crippen LogP contribution in [0.15, 0.2) is 21.5 Å². The second kappa shape index (κ2) is 6.56. The molecule has 0 unspecified atom stereocenters. The second-order valence-corrected chi connectivity index (χ2v) is 6.30. The van der Waals surface area contributed by atoms with Gasteiger partial charge in [-0.25, -0.2) is 0 Å². The molecule has 0 N–H and O–H groups in total. The molecule has 0 bridgehead atoms. The van der Waals surface area contributed by atoms with Crippen LogP contribution >= 0.6 is 39.3 Å². The third kappa shape index (κ3) is 3.26. The van der Waals surface area contributed by atoms with Crippen LogP contribution in [0.2, 0.25) is 5.02 Å². The van der Waals surface area contributed by atoms with Crippen molar-refractivity contribution in [1.82, 2.24) is 4.90 Å². The number of nitrogens with zero attached hydrogens (tertiary/aromatic N) is 1. The first-order chi connectivity index (χ1) is 9.97. The molecule has 1 saturated heterocycles. The van der Waals surface area contributed by atoms with Crippen LogP contribution in [0.3, 0.4) is 0 Å². The lowest BCUT2D eigenvalue weighted by molar-refractivity contribution is -0.122. The molecule has 0 aromatic heterocycles. The minimum absolute atomic E-state index is 0.0433. The first-order valence-electron chi connectivity index (χ1n) is 5.69. The molecular weight excluding hydrogens is 378 g/mol. The highest BCUT2D eigenvalue weighted by molar-refractivity contribution is 9.10. The van der Waals surface area contributed by atoms with Crippen molar-refractivity contribution in [1.29, 1.82) is 0 Å². The number of thioether (sulfide) groups is 1. The number of ether oxygens (including phenoxy) is 1. The van der Waals surface area contributed by atoms with Crippen LogP contribution in [0.25, 0.3) is 6.08 Å². The summed E-state index contributed by atoms with van der Waals surface area (Å²) in [5.41, 5.74) is 0.600. The normalized spacial score (nSPS) is 16.5. The van der Waals surface area contributed by atoms with E-state index in [0.29, 0.717) is 16.3 Å². The predicted octanol–water partition coefficient (Wildman–Crippen LogP) is 3.78. The number of benzene rings is 1. The zero-order valence-electron chi connectivity index (χ0n) is 10.9. The highest BCUT2D eigenvalue weighted by atomic mass is 79.9. The van der Waals surface area contributed by atoms with Gasteiger partial charge in [-0.15, -0.1) is 6.42 Å². The molecule has 2 amide bonds. The summed E-state index contributed by atoms with van der Waals surface area (Å²) >= 11 is 10.2. The molecule has 1 aromatic carbocycles. The van der Waals surface area contributed by atoms with Crippen molar-refractivity contribution in [2.24, 2.45) is 0 Å². The molecule has 1 aliphatic heterocycles. The minimum atomic E-state index is -0.416. The molecule has 0 spiro atoms. The summed E-state index contributed by atoms with van der Waals surface area (Å²) in [6.07, 6.45) is 6.71. The Hall–Kier alpha value is -1.42. The Morgan fingerprint density at radius 1 is 1.52 bits per heavy atom. The third-order valence-corrected chi connectivity index (χ3v) is 4.30. The summed E-state index contributed by atoms with van der Waals surface area (Å²) in [5, 5.41) is 0.0187. The number of imide groups is 1. The van der Waals surface area contributed by atoms with Crippen molar-refractivity contribution in [2.45, 2.75) is 0 Å². The maximum Gasteiger partial charge on any atom is 0.294 e. The number of methoxy groups -OCH3 is 1. The van der Waals surface area contributed by atoms with Gasteiger partial charge in [0.25, 0.3) is 11.1 Å². The molecule has 1 aromatic rings. The molecule has 21 heavy (non-hydrogen) atoms. The summed E-state index contributed by atoms with van der Waals surface area (Å²) in [6, 6.07) is 3.43. The molecule has 0 aliphatic carbocycles. The fraction of sp³-hybridized carbons (Fsp3) is 0.143. The van der Waals surface area contributed by atoms with Gasteiger partial charge in [-0.3, -0.25) is 14.5 Å². The number of halogens is 2. The standard InChI is InChI=1S/C14H9BrClNO3S/c1-3-4-17-13(18)11(21-14(17)19)6-8-5-9(15)7-10(16)12(8)20-2/h1,5-7H,4H2,2H3/b11-6+. The number of hydrogen-bond acceptors (Lipinski definition) is 4. The summed E-state index contributed by atoms with van der Waals surface area (Å²) < 4.78 is 5.97. The molecule has 1 heterocycles. The van der Waals surface area contributed by atoms with E-state index in [1.54, 1.807) is 18.2 Å². The highest BCUT2D eigenvalue weighted by Gasteiger charge is 2.34. The number of carbonyl (C=O) groups is 2. The van der Waals surface area contributed by atoms with Crippen molar-refractivity contribution in [3.8, 4) is 18.1 Å². The Labute approximate surface area is 139 Å². The van der Waals surface area contributed by atoms with Crippen LogP contribution in [-0.2, 0) is 4.79 Å². The lowest BCUT2D eigenvalue weighted by atomic mass is 10.2. The third-order valence-electron chi connectivity index (χ3n) is 2.65. The summed E-state index contributed by atoms with van der Waals surface area (Å²) in [4.78, 5) is 25.1. The van der Waals surface area contributed by atoms with E-state index in [1.165, 1.54) is 7.11 Å². The Morgan fingerprint density at radius 2 is 2.24 bits per heavy atom. The van der Waals surface area contributed by atoms with Gasteiger partial charge in [0.15, 0.2) is 0 Å². The monoisotopic (exact) mass is 385 g/mol. The lowest BCUT2D eigenvalue weighted by Gasteiger charge is -2.09. The number of hydrogen-bond donors (Lipinski definition) is 0. The fourth-order valence-corrected chi connectivity index (χ4v) is 3.51. The largest absolute Gasteiger partial charge is 0.495 e. The van der Waals surface area contributed by atoms with Crippen LogP contribution in [0.1, 0.15) is 5.56 Å². The Morgan fingerprint density at radius 3 is 2.86 bits per heavy atom. The van der Waals surface area contributed by atoms with Gasteiger partial charge in [-0.1, -0.05) is 33.5 Å². The van der Waals surface area contributed by atoms with Crippen molar-refractivity contribution in [2.75, 3.05) is 13.7 Å². The van der Waals surface area contributed by atoms with Gasteiger partial charge in [0, 0.05) is 10.0 Å². The molecule has 0 radical (unpaired) electrons. The van der Waals surface area contributed by atoms with Crippen molar-refractivity contribution in [3.05, 3.63) is 32.1 Å². The number of carbonyl (C=O) groups excluding carboxylic acids is 2. The number of terminal acetylenes is 1. The van der Waals surface area contributed by atoms with Gasteiger partial charge >= 0.3 is 0 Å². The number of amides is 2. The zero-order valence-corrected chi connectivity index (χ0v) is 14.0. The molecule has 108 valence electrons. The van der Waals surface area contributed by atoms with E-state index in [9.17, 15) is 9.59 Å². The smallest absolute Gasteiger partial charge is 0.294 e. The quantitative estimate of drug-likeness (QED) is 0.586. The Balaban J connectivity index is 2.44. The van der Waals surface area contributed by atoms with Gasteiger partial charge in [-0.05, 0) is 30.0 Å². The van der Waals surface area contributed by atoms with Gasteiger partial charge in [-0.2, -0.15) is 0 Å². The van der Waals surface area contributed by atoms with Gasteiger partial charge in [0.05, 0.1) is 23.6 Å². The highest BCUT2D eigenvalue weighted by Crippen LogP contribution is 2.37. The number of rotatable bonds is 3. The van der Waals surface area contributed by atoms with E-state index < -0.39 is 5.91 Å². The molecule has 0 atom stereocenters. The van der Waals surface area contributed by atoms with Gasteiger partial charge in [0.2, 0.25) is 0 Å². The van der Waals surface area contributed by atoms with E-state index in [0.717, 1.165) is 21.1 Å². The second-order valence-electron chi connectivity index (χ2n) is 3.98. The molecule has 4 nitrogen and oxygen atoms in total. The van der Waals surface area contributed by atoms with Crippen LogP contribution in [0.4, 0.5) is 4.79 Å². The van der Waals surface area contributed by atoms with Crippen molar-refractivity contribution in [3.63, 3.8) is 0 Å². The molecular formula is C14H9BrClNO3S. The van der Waals surface area contributed by atoms with Crippen LogP contribution in [0, 0.1) is 12.3 Å².